The van der Waals surface area contributed by atoms with Gasteiger partial charge in [-0.1, -0.05) is 0 Å². The lowest BCUT2D eigenvalue weighted by Gasteiger charge is -2.31. The molecule has 1 atom stereocenters. The van der Waals surface area contributed by atoms with Crippen LogP contribution in [0.15, 0.2) is 12.4 Å². The van der Waals surface area contributed by atoms with Gasteiger partial charge in [-0.3, -0.25) is 0 Å². The van der Waals surface area contributed by atoms with Gasteiger partial charge in [-0.05, 0) is 12.8 Å². The molecule has 1 fully saturated rings. The molecule has 1 aromatic rings. The van der Waals surface area contributed by atoms with E-state index in [4.69, 9.17) is 4.74 Å². The third kappa shape index (κ3) is 3.57. The Morgan fingerprint density at radius 2 is 2.05 bits per heavy atom. The van der Waals surface area contributed by atoms with Crippen molar-refractivity contribution >= 4 is 15.8 Å². The highest BCUT2D eigenvalue weighted by Gasteiger charge is 2.28. The zero-order chi connectivity index (χ0) is 14.8. The molecule has 8 heteroatoms. The topological polar surface area (TPSA) is 75.6 Å². The van der Waals surface area contributed by atoms with Gasteiger partial charge < -0.3 is 9.64 Å². The van der Waals surface area contributed by atoms with Gasteiger partial charge in [-0.15, -0.1) is 0 Å². The molecule has 2 heterocycles. The molecule has 0 saturated carbocycles. The van der Waals surface area contributed by atoms with Gasteiger partial charge in [0.1, 0.15) is 6.10 Å². The Labute approximate surface area is 119 Å². The summed E-state index contributed by atoms with van der Waals surface area (Å²) in [5, 5.41) is 0. The van der Waals surface area contributed by atoms with Crippen LogP contribution in [0.3, 0.4) is 0 Å². The summed E-state index contributed by atoms with van der Waals surface area (Å²) >= 11 is 0. The van der Waals surface area contributed by atoms with Gasteiger partial charge in [0, 0.05) is 33.0 Å². The fraction of sp³-hybridized carbons (Fsp3) is 0.667. The van der Waals surface area contributed by atoms with Crippen LogP contribution >= 0.6 is 0 Å². The molecule has 2 rings (SSSR count). The molecule has 20 heavy (non-hydrogen) atoms. The SMILES string of the molecule is CN(C)c1nccnc1O[C@@H]1CCCN(S(C)(=O)=O)C1. The summed E-state index contributed by atoms with van der Waals surface area (Å²) in [6.07, 6.45) is 5.81. The van der Waals surface area contributed by atoms with Crippen LogP contribution in [-0.4, -0.2) is 62.2 Å². The van der Waals surface area contributed by atoms with Crippen LogP contribution < -0.4 is 9.64 Å². The number of piperidine rings is 1. The summed E-state index contributed by atoms with van der Waals surface area (Å²) in [5.41, 5.74) is 0. The Bertz CT molecular complexity index is 562. The average molecular weight is 300 g/mol. The summed E-state index contributed by atoms with van der Waals surface area (Å²) in [6.45, 7) is 0.919. The maximum atomic E-state index is 11.6. The maximum Gasteiger partial charge on any atom is 0.257 e. The fourth-order valence-corrected chi connectivity index (χ4v) is 3.07. The highest BCUT2D eigenvalue weighted by atomic mass is 32.2. The number of rotatable bonds is 4. The number of aromatic nitrogens is 2. The summed E-state index contributed by atoms with van der Waals surface area (Å²) in [6, 6.07) is 0. The second kappa shape index (κ2) is 5.92. The predicted octanol–water partition coefficient (Wildman–Crippen LogP) is 0.345. The molecular formula is C12H20N4O3S. The van der Waals surface area contributed by atoms with Crippen LogP contribution in [0.1, 0.15) is 12.8 Å². The van der Waals surface area contributed by atoms with E-state index >= 15 is 0 Å². The molecule has 112 valence electrons. The van der Waals surface area contributed by atoms with E-state index in [1.54, 1.807) is 12.4 Å². The van der Waals surface area contributed by atoms with Gasteiger partial charge in [0.15, 0.2) is 5.82 Å². The molecule has 7 nitrogen and oxygen atoms in total. The number of anilines is 1. The molecule has 0 aliphatic carbocycles. The first-order valence-electron chi connectivity index (χ1n) is 6.48. The lowest BCUT2D eigenvalue weighted by Crippen LogP contribution is -2.44. The van der Waals surface area contributed by atoms with E-state index in [1.165, 1.54) is 10.6 Å². The Kier molecular flexibility index (Phi) is 4.44. The lowest BCUT2D eigenvalue weighted by atomic mass is 10.1. The van der Waals surface area contributed by atoms with E-state index in [-0.39, 0.29) is 6.10 Å². The van der Waals surface area contributed by atoms with Crippen LogP contribution in [0.2, 0.25) is 0 Å². The van der Waals surface area contributed by atoms with Gasteiger partial charge in [-0.25, -0.2) is 18.4 Å². The second-order valence-corrected chi connectivity index (χ2v) is 7.07. The maximum absolute atomic E-state index is 11.6. The monoisotopic (exact) mass is 300 g/mol. The van der Waals surface area contributed by atoms with Crippen molar-refractivity contribution in [3.63, 3.8) is 0 Å². The third-order valence-electron chi connectivity index (χ3n) is 3.16. The number of hydrogen-bond acceptors (Lipinski definition) is 6. The van der Waals surface area contributed by atoms with Crippen molar-refractivity contribution < 1.29 is 13.2 Å². The van der Waals surface area contributed by atoms with Gasteiger partial charge >= 0.3 is 0 Å². The third-order valence-corrected chi connectivity index (χ3v) is 4.43. The minimum absolute atomic E-state index is 0.186. The minimum atomic E-state index is -3.17. The number of ether oxygens (including phenoxy) is 1. The van der Waals surface area contributed by atoms with Crippen molar-refractivity contribution in [2.45, 2.75) is 18.9 Å². The van der Waals surface area contributed by atoms with Crippen molar-refractivity contribution in [3.8, 4) is 5.88 Å². The number of nitrogens with zero attached hydrogens (tertiary/aromatic N) is 4. The molecule has 0 unspecified atom stereocenters. The molecule has 0 radical (unpaired) electrons. The average Bonchev–Trinajstić information content (AvgIpc) is 2.38. The van der Waals surface area contributed by atoms with E-state index < -0.39 is 10.0 Å². The molecule has 1 aliphatic heterocycles. The molecule has 0 amide bonds. The molecule has 0 N–H and O–H groups in total. The fourth-order valence-electron chi connectivity index (χ4n) is 2.17. The largest absolute Gasteiger partial charge is 0.470 e. The van der Waals surface area contributed by atoms with Crippen molar-refractivity contribution in [2.24, 2.45) is 0 Å². The van der Waals surface area contributed by atoms with Crippen LogP contribution in [-0.2, 0) is 10.0 Å². The van der Waals surface area contributed by atoms with Crippen LogP contribution in [0, 0.1) is 0 Å². The van der Waals surface area contributed by atoms with Gasteiger partial charge in [0.05, 0.1) is 12.8 Å². The molecule has 1 aliphatic rings. The van der Waals surface area contributed by atoms with Gasteiger partial charge in [0.25, 0.3) is 5.88 Å². The summed E-state index contributed by atoms with van der Waals surface area (Å²) in [4.78, 5) is 10.2. The van der Waals surface area contributed by atoms with Crippen LogP contribution in [0.5, 0.6) is 5.88 Å². The van der Waals surface area contributed by atoms with Crippen LogP contribution in [0.25, 0.3) is 0 Å². The first kappa shape index (κ1) is 15.0. The molecule has 0 spiro atoms. The first-order chi connectivity index (χ1) is 9.38. The van der Waals surface area contributed by atoms with E-state index in [0.29, 0.717) is 24.8 Å². The summed E-state index contributed by atoms with van der Waals surface area (Å²) in [5.74, 6) is 1.09. The molecule has 1 aromatic heterocycles. The van der Waals surface area contributed by atoms with Gasteiger partial charge in [0.2, 0.25) is 10.0 Å². The Hall–Kier alpha value is -1.41. The van der Waals surface area contributed by atoms with Crippen molar-refractivity contribution in [2.75, 3.05) is 38.3 Å². The normalized spacial score (nSPS) is 20.6. The Morgan fingerprint density at radius 1 is 1.35 bits per heavy atom. The molecule has 1 saturated heterocycles. The predicted molar refractivity (Wildman–Crippen MR) is 76.4 cm³/mol. The standard InChI is InChI=1S/C12H20N4O3S/c1-15(2)11-12(14-7-6-13-11)19-10-5-4-8-16(9-10)20(3,17)18/h6-7,10H,4-5,8-9H2,1-3H3/t10-/m1/s1. The van der Waals surface area contributed by atoms with E-state index in [1.807, 2.05) is 19.0 Å². The lowest BCUT2D eigenvalue weighted by molar-refractivity contribution is 0.125. The highest BCUT2D eigenvalue weighted by Crippen LogP contribution is 2.24. The highest BCUT2D eigenvalue weighted by molar-refractivity contribution is 7.88. The zero-order valence-corrected chi connectivity index (χ0v) is 12.8. The van der Waals surface area contributed by atoms with Crippen LogP contribution in [0.4, 0.5) is 5.82 Å². The molecule has 0 bridgehead atoms. The zero-order valence-electron chi connectivity index (χ0n) is 12.0. The smallest absolute Gasteiger partial charge is 0.257 e. The number of hydrogen-bond donors (Lipinski definition) is 0. The Morgan fingerprint density at radius 3 is 2.70 bits per heavy atom. The summed E-state index contributed by atoms with van der Waals surface area (Å²) < 4.78 is 30.5. The first-order valence-corrected chi connectivity index (χ1v) is 8.33. The second-order valence-electron chi connectivity index (χ2n) is 5.08. The van der Waals surface area contributed by atoms with E-state index in [9.17, 15) is 8.42 Å². The van der Waals surface area contributed by atoms with Gasteiger partial charge in [-0.2, -0.15) is 4.31 Å². The van der Waals surface area contributed by atoms with E-state index in [0.717, 1.165) is 12.8 Å². The number of sulfonamides is 1. The summed E-state index contributed by atoms with van der Waals surface area (Å²) in [7, 11) is 0.553. The van der Waals surface area contributed by atoms with Crippen molar-refractivity contribution in [1.82, 2.24) is 14.3 Å². The molecule has 0 aromatic carbocycles. The Balaban J connectivity index is 2.11. The molecular weight excluding hydrogens is 280 g/mol. The quantitative estimate of drug-likeness (QED) is 0.798. The van der Waals surface area contributed by atoms with Crippen molar-refractivity contribution in [1.29, 1.82) is 0 Å². The van der Waals surface area contributed by atoms with Crippen molar-refractivity contribution in [3.05, 3.63) is 12.4 Å². The minimum Gasteiger partial charge on any atom is -0.470 e. The van der Waals surface area contributed by atoms with E-state index in [2.05, 4.69) is 9.97 Å².